The first-order chi connectivity index (χ1) is 9.59. The average Bonchev–Trinajstić information content (AvgIpc) is 2.86. The summed E-state index contributed by atoms with van der Waals surface area (Å²) in [7, 11) is 0. The van der Waals surface area contributed by atoms with Crippen LogP contribution >= 0.6 is 15.9 Å². The predicted molar refractivity (Wildman–Crippen MR) is 80.6 cm³/mol. The van der Waals surface area contributed by atoms with Crippen LogP contribution in [-0.2, 0) is 0 Å². The van der Waals surface area contributed by atoms with Crippen molar-refractivity contribution in [2.45, 2.75) is 6.92 Å². The Balaban J connectivity index is 2.21. The molecule has 0 aliphatic rings. The van der Waals surface area contributed by atoms with Gasteiger partial charge in [-0.15, -0.1) is 0 Å². The molecule has 0 radical (unpaired) electrons. The molecule has 1 heterocycles. The van der Waals surface area contributed by atoms with Crippen molar-refractivity contribution in [1.82, 2.24) is 4.98 Å². The molecule has 0 atom stereocenters. The number of rotatable bonds is 2. The first kappa shape index (κ1) is 13.1. The molecule has 0 bridgehead atoms. The highest BCUT2D eigenvalue weighted by atomic mass is 79.9. The van der Waals surface area contributed by atoms with Gasteiger partial charge in [0.25, 0.3) is 0 Å². The second-order valence-electron chi connectivity index (χ2n) is 4.61. The molecule has 3 aromatic rings. The van der Waals surface area contributed by atoms with Gasteiger partial charge in [0.2, 0.25) is 0 Å². The van der Waals surface area contributed by atoms with Crippen LogP contribution in [0.4, 0.5) is 4.39 Å². The Morgan fingerprint density at radius 1 is 1.15 bits per heavy atom. The number of benzene rings is 2. The summed E-state index contributed by atoms with van der Waals surface area (Å²) in [4.78, 5) is 15.6. The highest BCUT2D eigenvalue weighted by molar-refractivity contribution is 9.10. The van der Waals surface area contributed by atoms with Crippen LogP contribution in [0.1, 0.15) is 21.5 Å². The molecule has 0 saturated heterocycles. The SMILES string of the molecule is Cc1c(Br)cccc1C(=O)c1c[nH]c2cccc(F)c12. The number of halogens is 2. The van der Waals surface area contributed by atoms with E-state index < -0.39 is 0 Å². The van der Waals surface area contributed by atoms with Crippen molar-refractivity contribution in [2.24, 2.45) is 0 Å². The maximum Gasteiger partial charge on any atom is 0.195 e. The number of H-pyrrole nitrogens is 1. The van der Waals surface area contributed by atoms with Crippen LogP contribution in [-0.4, -0.2) is 10.8 Å². The molecule has 0 saturated carbocycles. The van der Waals surface area contributed by atoms with Crippen LogP contribution in [0, 0.1) is 12.7 Å². The minimum atomic E-state index is -0.389. The number of nitrogens with one attached hydrogen (secondary N) is 1. The Kier molecular flexibility index (Phi) is 3.18. The number of aromatic amines is 1. The lowest BCUT2D eigenvalue weighted by atomic mass is 9.98. The quantitative estimate of drug-likeness (QED) is 0.683. The lowest BCUT2D eigenvalue weighted by Gasteiger charge is -2.06. The van der Waals surface area contributed by atoms with Gasteiger partial charge in [-0.1, -0.05) is 34.1 Å². The Morgan fingerprint density at radius 2 is 1.90 bits per heavy atom. The van der Waals surface area contributed by atoms with Crippen LogP contribution in [0.3, 0.4) is 0 Å². The van der Waals surface area contributed by atoms with Gasteiger partial charge in [0, 0.05) is 27.1 Å². The zero-order valence-corrected chi connectivity index (χ0v) is 12.3. The van der Waals surface area contributed by atoms with E-state index in [2.05, 4.69) is 20.9 Å². The van der Waals surface area contributed by atoms with Crippen molar-refractivity contribution >= 4 is 32.6 Å². The fourth-order valence-electron chi connectivity index (χ4n) is 2.32. The summed E-state index contributed by atoms with van der Waals surface area (Å²) in [6.07, 6.45) is 1.57. The number of aromatic nitrogens is 1. The third-order valence-electron chi connectivity index (χ3n) is 3.41. The van der Waals surface area contributed by atoms with Gasteiger partial charge in [0.05, 0.1) is 5.56 Å². The molecule has 4 heteroatoms. The molecule has 0 spiro atoms. The molecule has 3 rings (SSSR count). The number of carbonyl (C=O) groups excluding carboxylic acids is 1. The fraction of sp³-hybridized carbons (Fsp3) is 0.0625. The smallest absolute Gasteiger partial charge is 0.195 e. The van der Waals surface area contributed by atoms with Gasteiger partial charge in [0.15, 0.2) is 5.78 Å². The minimum absolute atomic E-state index is 0.180. The van der Waals surface area contributed by atoms with Crippen molar-refractivity contribution in [3.63, 3.8) is 0 Å². The maximum absolute atomic E-state index is 14.0. The van der Waals surface area contributed by atoms with Crippen molar-refractivity contribution < 1.29 is 9.18 Å². The molecule has 0 fully saturated rings. The monoisotopic (exact) mass is 331 g/mol. The second kappa shape index (κ2) is 4.87. The van der Waals surface area contributed by atoms with Gasteiger partial charge in [0.1, 0.15) is 5.82 Å². The molecular formula is C16H11BrFNO. The number of carbonyl (C=O) groups is 1. The van der Waals surface area contributed by atoms with Crippen LogP contribution in [0.2, 0.25) is 0 Å². The topological polar surface area (TPSA) is 32.9 Å². The Hall–Kier alpha value is -1.94. The predicted octanol–water partition coefficient (Wildman–Crippen LogP) is 4.61. The van der Waals surface area contributed by atoms with E-state index in [0.717, 1.165) is 10.0 Å². The molecule has 0 aliphatic heterocycles. The molecule has 2 nitrogen and oxygen atoms in total. The third-order valence-corrected chi connectivity index (χ3v) is 4.27. The molecule has 0 aliphatic carbocycles. The van der Waals surface area contributed by atoms with E-state index in [0.29, 0.717) is 22.0 Å². The molecule has 1 N–H and O–H groups in total. The highest BCUT2D eigenvalue weighted by Crippen LogP contribution is 2.27. The summed E-state index contributed by atoms with van der Waals surface area (Å²) in [6.45, 7) is 1.86. The summed E-state index contributed by atoms with van der Waals surface area (Å²) < 4.78 is 14.8. The Bertz CT molecular complexity index is 822. The first-order valence-electron chi connectivity index (χ1n) is 6.15. The van der Waals surface area contributed by atoms with E-state index in [1.54, 1.807) is 30.5 Å². The van der Waals surface area contributed by atoms with E-state index in [-0.39, 0.29) is 11.6 Å². The van der Waals surface area contributed by atoms with Crippen molar-refractivity contribution in [1.29, 1.82) is 0 Å². The highest BCUT2D eigenvalue weighted by Gasteiger charge is 2.18. The van der Waals surface area contributed by atoms with E-state index in [4.69, 9.17) is 0 Å². The summed E-state index contributed by atoms with van der Waals surface area (Å²) in [5, 5.41) is 0.344. The van der Waals surface area contributed by atoms with Crippen LogP contribution < -0.4 is 0 Å². The Labute approximate surface area is 123 Å². The number of ketones is 1. The summed E-state index contributed by atoms with van der Waals surface area (Å²) in [6, 6.07) is 10.2. The zero-order valence-electron chi connectivity index (χ0n) is 10.7. The molecule has 2 aromatic carbocycles. The lowest BCUT2D eigenvalue weighted by molar-refractivity contribution is 0.103. The summed E-state index contributed by atoms with van der Waals surface area (Å²) in [5.74, 6) is -0.570. The minimum Gasteiger partial charge on any atom is -0.360 e. The van der Waals surface area contributed by atoms with E-state index in [9.17, 15) is 9.18 Å². The van der Waals surface area contributed by atoms with Gasteiger partial charge in [-0.2, -0.15) is 0 Å². The van der Waals surface area contributed by atoms with E-state index in [1.807, 2.05) is 13.0 Å². The van der Waals surface area contributed by atoms with Crippen molar-refractivity contribution in [3.8, 4) is 0 Å². The van der Waals surface area contributed by atoms with Crippen LogP contribution in [0.15, 0.2) is 47.1 Å². The molecule has 1 aromatic heterocycles. The molecular weight excluding hydrogens is 321 g/mol. The lowest BCUT2D eigenvalue weighted by Crippen LogP contribution is -2.03. The summed E-state index contributed by atoms with van der Waals surface area (Å²) in [5.41, 5.74) is 2.41. The Morgan fingerprint density at radius 3 is 2.70 bits per heavy atom. The summed E-state index contributed by atoms with van der Waals surface area (Å²) >= 11 is 3.41. The fourth-order valence-corrected chi connectivity index (χ4v) is 2.68. The van der Waals surface area contributed by atoms with Gasteiger partial charge in [-0.25, -0.2) is 4.39 Å². The zero-order chi connectivity index (χ0) is 14.3. The number of hydrogen-bond acceptors (Lipinski definition) is 1. The van der Waals surface area contributed by atoms with Gasteiger partial charge < -0.3 is 4.98 Å². The van der Waals surface area contributed by atoms with E-state index in [1.165, 1.54) is 6.07 Å². The van der Waals surface area contributed by atoms with Gasteiger partial charge in [-0.05, 0) is 30.7 Å². The van der Waals surface area contributed by atoms with Crippen molar-refractivity contribution in [3.05, 3.63) is 69.6 Å². The number of hydrogen-bond donors (Lipinski definition) is 1. The standard InChI is InChI=1S/C16H11BrFNO/c1-9-10(4-2-5-12(9)17)16(20)11-8-19-14-7-3-6-13(18)15(11)14/h2-8,19H,1H3. The molecule has 0 amide bonds. The molecule has 0 unspecified atom stereocenters. The molecule has 100 valence electrons. The third kappa shape index (κ3) is 1.96. The van der Waals surface area contributed by atoms with E-state index >= 15 is 0 Å². The van der Waals surface area contributed by atoms with Gasteiger partial charge in [-0.3, -0.25) is 4.79 Å². The largest absolute Gasteiger partial charge is 0.360 e. The maximum atomic E-state index is 14.0. The van der Waals surface area contributed by atoms with Crippen LogP contribution in [0.25, 0.3) is 10.9 Å². The molecule has 20 heavy (non-hydrogen) atoms. The van der Waals surface area contributed by atoms with Crippen LogP contribution in [0.5, 0.6) is 0 Å². The average molecular weight is 332 g/mol. The first-order valence-corrected chi connectivity index (χ1v) is 6.94. The normalized spacial score (nSPS) is 10.9. The van der Waals surface area contributed by atoms with Gasteiger partial charge >= 0.3 is 0 Å². The second-order valence-corrected chi connectivity index (χ2v) is 5.46. The number of fused-ring (bicyclic) bond motifs is 1. The van der Waals surface area contributed by atoms with Crippen molar-refractivity contribution in [2.75, 3.05) is 0 Å².